The Balaban J connectivity index is 1.60. The van der Waals surface area contributed by atoms with Crippen LogP contribution in [0.3, 0.4) is 0 Å². The Morgan fingerprint density at radius 1 is 1.00 bits per heavy atom. The Morgan fingerprint density at radius 3 is 2.61 bits per heavy atom. The van der Waals surface area contributed by atoms with E-state index in [1.807, 2.05) is 41.8 Å². The van der Waals surface area contributed by atoms with Crippen LogP contribution < -0.4 is 5.32 Å². The summed E-state index contributed by atoms with van der Waals surface area (Å²) >= 11 is 1.35. The Morgan fingerprint density at radius 2 is 1.82 bits per heavy atom. The van der Waals surface area contributed by atoms with E-state index in [0.717, 1.165) is 34.2 Å². The lowest BCUT2D eigenvalue weighted by Gasteiger charge is -2.02. The minimum atomic E-state index is -0.954. The van der Waals surface area contributed by atoms with Crippen molar-refractivity contribution >= 4 is 33.4 Å². The number of fused-ring (bicyclic) bond motifs is 1. The molecule has 0 amide bonds. The van der Waals surface area contributed by atoms with Crippen molar-refractivity contribution in [1.82, 2.24) is 4.98 Å². The molecule has 0 atom stereocenters. The van der Waals surface area contributed by atoms with Crippen molar-refractivity contribution in [3.05, 3.63) is 88.9 Å². The fourth-order valence-electron chi connectivity index (χ4n) is 2.76. The van der Waals surface area contributed by atoms with Crippen LogP contribution in [0.1, 0.15) is 5.01 Å². The topological polar surface area (TPSA) is 48.7 Å². The standard InChI is InChI=1S/C22H13F2N3S/c23-19-8-7-18(10-20(19)24)26-12-17(11-25)22-27-21(13-28-22)16-6-5-14-3-1-2-4-15(14)9-16/h1-10,12-13,26H/b17-12-. The second kappa shape index (κ2) is 7.59. The number of aromatic nitrogens is 1. The molecule has 28 heavy (non-hydrogen) atoms. The summed E-state index contributed by atoms with van der Waals surface area (Å²) in [6.45, 7) is 0. The zero-order chi connectivity index (χ0) is 19.5. The number of allylic oxidation sites excluding steroid dienone is 1. The van der Waals surface area contributed by atoms with E-state index in [-0.39, 0.29) is 0 Å². The van der Waals surface area contributed by atoms with Crippen LogP contribution in [0.2, 0.25) is 0 Å². The molecule has 0 saturated carbocycles. The van der Waals surface area contributed by atoms with Crippen molar-refractivity contribution in [3.8, 4) is 17.3 Å². The van der Waals surface area contributed by atoms with Crippen molar-refractivity contribution in [3.63, 3.8) is 0 Å². The van der Waals surface area contributed by atoms with Gasteiger partial charge in [0.1, 0.15) is 16.6 Å². The first-order valence-electron chi connectivity index (χ1n) is 8.41. The van der Waals surface area contributed by atoms with Gasteiger partial charge in [0.25, 0.3) is 0 Å². The van der Waals surface area contributed by atoms with E-state index in [0.29, 0.717) is 16.3 Å². The largest absolute Gasteiger partial charge is 0.360 e. The van der Waals surface area contributed by atoms with Crippen LogP contribution in [0, 0.1) is 23.0 Å². The third-order valence-corrected chi connectivity index (χ3v) is 5.08. The number of halogens is 2. The predicted octanol–water partition coefficient (Wildman–Crippen LogP) is 6.22. The molecule has 0 aliphatic rings. The maximum atomic E-state index is 13.3. The molecule has 0 spiro atoms. The van der Waals surface area contributed by atoms with Gasteiger partial charge in [-0.05, 0) is 29.0 Å². The van der Waals surface area contributed by atoms with Gasteiger partial charge in [-0.15, -0.1) is 11.3 Å². The van der Waals surface area contributed by atoms with Crippen LogP contribution in [-0.4, -0.2) is 4.98 Å². The van der Waals surface area contributed by atoms with E-state index in [9.17, 15) is 14.0 Å². The van der Waals surface area contributed by atoms with E-state index in [1.54, 1.807) is 0 Å². The number of nitrogens with one attached hydrogen (secondary N) is 1. The summed E-state index contributed by atoms with van der Waals surface area (Å²) in [7, 11) is 0. The molecule has 1 heterocycles. The number of benzene rings is 3. The molecule has 6 heteroatoms. The number of nitrogens with zero attached hydrogens (tertiary/aromatic N) is 2. The Kier molecular flexibility index (Phi) is 4.83. The van der Waals surface area contributed by atoms with Crippen LogP contribution in [0.4, 0.5) is 14.5 Å². The molecule has 0 aliphatic carbocycles. The zero-order valence-corrected chi connectivity index (χ0v) is 15.3. The third-order valence-electron chi connectivity index (χ3n) is 4.20. The Bertz CT molecular complexity index is 1240. The Hall–Kier alpha value is -3.56. The zero-order valence-electron chi connectivity index (χ0n) is 14.5. The highest BCUT2D eigenvalue weighted by atomic mass is 32.1. The maximum absolute atomic E-state index is 13.3. The fraction of sp³-hybridized carbons (Fsp3) is 0. The summed E-state index contributed by atoms with van der Waals surface area (Å²) in [6, 6.07) is 19.7. The minimum absolute atomic E-state index is 0.307. The summed E-state index contributed by atoms with van der Waals surface area (Å²) < 4.78 is 26.3. The molecule has 3 nitrogen and oxygen atoms in total. The molecule has 1 aromatic heterocycles. The molecule has 0 unspecified atom stereocenters. The lowest BCUT2D eigenvalue weighted by atomic mass is 10.1. The van der Waals surface area contributed by atoms with Crippen LogP contribution in [0.25, 0.3) is 27.6 Å². The lowest BCUT2D eigenvalue weighted by molar-refractivity contribution is 0.509. The predicted molar refractivity (Wildman–Crippen MR) is 109 cm³/mol. The van der Waals surface area contributed by atoms with E-state index in [1.165, 1.54) is 23.6 Å². The molecule has 0 bridgehead atoms. The molecule has 0 radical (unpaired) electrons. The number of hydrogen-bond donors (Lipinski definition) is 1. The van der Waals surface area contributed by atoms with Crippen molar-refractivity contribution in [1.29, 1.82) is 5.26 Å². The monoisotopic (exact) mass is 389 g/mol. The molecule has 136 valence electrons. The third kappa shape index (κ3) is 3.61. The SMILES string of the molecule is N#C/C(=C/Nc1ccc(F)c(F)c1)c1nc(-c2ccc3ccccc3c2)cs1. The van der Waals surface area contributed by atoms with Crippen molar-refractivity contribution in [2.45, 2.75) is 0 Å². The van der Waals surface area contributed by atoms with Gasteiger partial charge in [-0.1, -0.05) is 36.4 Å². The quantitative estimate of drug-likeness (QED) is 0.422. The van der Waals surface area contributed by atoms with E-state index in [4.69, 9.17) is 0 Å². The van der Waals surface area contributed by atoms with Gasteiger partial charge in [0.05, 0.1) is 5.69 Å². The lowest BCUT2D eigenvalue weighted by Crippen LogP contribution is -1.93. The van der Waals surface area contributed by atoms with Gasteiger partial charge in [0.2, 0.25) is 0 Å². The highest BCUT2D eigenvalue weighted by Crippen LogP contribution is 2.28. The van der Waals surface area contributed by atoms with Crippen LogP contribution in [-0.2, 0) is 0 Å². The van der Waals surface area contributed by atoms with E-state index < -0.39 is 11.6 Å². The van der Waals surface area contributed by atoms with Crippen molar-refractivity contribution in [2.24, 2.45) is 0 Å². The molecule has 0 fully saturated rings. The molecular formula is C22H13F2N3S. The van der Waals surface area contributed by atoms with E-state index in [2.05, 4.69) is 22.4 Å². The average Bonchev–Trinajstić information content (AvgIpc) is 3.21. The summed E-state index contributed by atoms with van der Waals surface area (Å²) in [5, 5.41) is 17.0. The number of thiazole rings is 1. The second-order valence-corrected chi connectivity index (χ2v) is 6.90. The summed E-state index contributed by atoms with van der Waals surface area (Å²) in [4.78, 5) is 4.56. The molecule has 0 saturated heterocycles. The first-order chi connectivity index (χ1) is 13.6. The number of nitriles is 1. The van der Waals surface area contributed by atoms with Gasteiger partial charge in [0, 0.05) is 28.9 Å². The van der Waals surface area contributed by atoms with Gasteiger partial charge < -0.3 is 5.32 Å². The van der Waals surface area contributed by atoms with Gasteiger partial charge in [-0.2, -0.15) is 5.26 Å². The van der Waals surface area contributed by atoms with Crippen LogP contribution >= 0.6 is 11.3 Å². The summed E-state index contributed by atoms with van der Waals surface area (Å²) in [6.07, 6.45) is 1.44. The van der Waals surface area contributed by atoms with Crippen molar-refractivity contribution in [2.75, 3.05) is 5.32 Å². The summed E-state index contributed by atoms with van der Waals surface area (Å²) in [5.41, 5.74) is 2.39. The smallest absolute Gasteiger partial charge is 0.160 e. The number of hydrogen-bond acceptors (Lipinski definition) is 4. The molecule has 4 rings (SSSR count). The van der Waals surface area contributed by atoms with Crippen LogP contribution in [0.15, 0.2) is 72.2 Å². The maximum Gasteiger partial charge on any atom is 0.160 e. The Labute approximate surface area is 164 Å². The van der Waals surface area contributed by atoms with Gasteiger partial charge in [-0.3, -0.25) is 0 Å². The van der Waals surface area contributed by atoms with Gasteiger partial charge in [-0.25, -0.2) is 13.8 Å². The summed E-state index contributed by atoms with van der Waals surface area (Å²) in [5.74, 6) is -1.88. The first kappa shape index (κ1) is 17.8. The van der Waals surface area contributed by atoms with Gasteiger partial charge in [0.15, 0.2) is 11.6 Å². The second-order valence-electron chi connectivity index (χ2n) is 6.04. The van der Waals surface area contributed by atoms with Crippen molar-refractivity contribution < 1.29 is 8.78 Å². The van der Waals surface area contributed by atoms with Crippen LogP contribution in [0.5, 0.6) is 0 Å². The number of anilines is 1. The first-order valence-corrected chi connectivity index (χ1v) is 9.29. The molecule has 0 aliphatic heterocycles. The molecular weight excluding hydrogens is 376 g/mol. The normalized spacial score (nSPS) is 11.4. The molecule has 1 N–H and O–H groups in total. The average molecular weight is 389 g/mol. The molecule has 3 aromatic carbocycles. The number of rotatable bonds is 4. The fourth-order valence-corrected chi connectivity index (χ4v) is 3.56. The highest BCUT2D eigenvalue weighted by molar-refractivity contribution is 7.11. The van der Waals surface area contributed by atoms with E-state index >= 15 is 0 Å². The highest BCUT2D eigenvalue weighted by Gasteiger charge is 2.10. The molecule has 4 aromatic rings. The minimum Gasteiger partial charge on any atom is -0.360 e. The van der Waals surface area contributed by atoms with Gasteiger partial charge >= 0.3 is 0 Å².